The van der Waals surface area contributed by atoms with Crippen molar-refractivity contribution in [1.29, 1.82) is 0 Å². The Morgan fingerprint density at radius 1 is 1.05 bits per heavy atom. The first-order valence-corrected chi connectivity index (χ1v) is 7.62. The van der Waals surface area contributed by atoms with Gasteiger partial charge in [0, 0.05) is 12.6 Å². The van der Waals surface area contributed by atoms with E-state index in [0.717, 1.165) is 12.3 Å². The van der Waals surface area contributed by atoms with Crippen molar-refractivity contribution in [2.45, 2.75) is 40.3 Å². The van der Waals surface area contributed by atoms with E-state index in [1.54, 1.807) is 0 Å². The molecule has 2 heteroatoms. The van der Waals surface area contributed by atoms with Gasteiger partial charge < -0.3 is 10.1 Å². The molecule has 2 rings (SSSR count). The van der Waals surface area contributed by atoms with Gasteiger partial charge in [0.1, 0.15) is 5.75 Å². The fraction of sp³-hybridized carbons (Fsp3) is 0.368. The molecule has 1 atom stereocenters. The standard InChI is InChI=1S/C19H25NO/c1-5-21-18-10-8-17(9-11-18)13-20-16(4)19-12-14(2)6-7-15(19)3/h6-12,16,20H,5,13H2,1-4H3. The van der Waals surface area contributed by atoms with Gasteiger partial charge in [-0.1, -0.05) is 35.9 Å². The van der Waals surface area contributed by atoms with Crippen LogP contribution in [-0.4, -0.2) is 6.61 Å². The number of nitrogens with one attached hydrogen (secondary N) is 1. The van der Waals surface area contributed by atoms with Crippen LogP contribution in [-0.2, 0) is 6.54 Å². The van der Waals surface area contributed by atoms with Crippen LogP contribution < -0.4 is 10.1 Å². The molecular formula is C19H25NO. The zero-order chi connectivity index (χ0) is 15.2. The molecule has 0 saturated heterocycles. The lowest BCUT2D eigenvalue weighted by molar-refractivity contribution is 0.340. The van der Waals surface area contributed by atoms with Gasteiger partial charge in [-0.05, 0) is 56.5 Å². The summed E-state index contributed by atoms with van der Waals surface area (Å²) in [6, 6.07) is 15.3. The van der Waals surface area contributed by atoms with Gasteiger partial charge in [0.2, 0.25) is 0 Å². The molecule has 0 aliphatic heterocycles. The maximum Gasteiger partial charge on any atom is 0.119 e. The second-order valence-corrected chi connectivity index (χ2v) is 5.54. The lowest BCUT2D eigenvalue weighted by atomic mass is 10.00. The third-order valence-electron chi connectivity index (χ3n) is 3.75. The molecule has 112 valence electrons. The number of aryl methyl sites for hydroxylation is 2. The molecule has 0 heterocycles. The molecule has 0 aliphatic carbocycles. The minimum atomic E-state index is 0.344. The molecule has 0 aliphatic rings. The summed E-state index contributed by atoms with van der Waals surface area (Å²) in [6.07, 6.45) is 0. The van der Waals surface area contributed by atoms with Gasteiger partial charge in [-0.15, -0.1) is 0 Å². The molecule has 2 aromatic carbocycles. The molecule has 0 saturated carbocycles. The Morgan fingerprint density at radius 2 is 1.76 bits per heavy atom. The van der Waals surface area contributed by atoms with Crippen LogP contribution in [0.1, 0.15) is 42.1 Å². The molecule has 0 radical (unpaired) electrons. The summed E-state index contributed by atoms with van der Waals surface area (Å²) >= 11 is 0. The van der Waals surface area contributed by atoms with Gasteiger partial charge in [0.25, 0.3) is 0 Å². The average molecular weight is 283 g/mol. The van der Waals surface area contributed by atoms with Crippen LogP contribution in [0.2, 0.25) is 0 Å². The SMILES string of the molecule is CCOc1ccc(CNC(C)c2cc(C)ccc2C)cc1. The van der Waals surface area contributed by atoms with E-state index in [1.807, 2.05) is 19.1 Å². The molecule has 2 aromatic rings. The highest BCUT2D eigenvalue weighted by Crippen LogP contribution is 2.19. The van der Waals surface area contributed by atoms with Gasteiger partial charge in [-0.25, -0.2) is 0 Å². The van der Waals surface area contributed by atoms with Crippen molar-refractivity contribution in [3.63, 3.8) is 0 Å². The van der Waals surface area contributed by atoms with Gasteiger partial charge in [-0.3, -0.25) is 0 Å². The topological polar surface area (TPSA) is 21.3 Å². The second-order valence-electron chi connectivity index (χ2n) is 5.54. The summed E-state index contributed by atoms with van der Waals surface area (Å²) < 4.78 is 5.46. The molecule has 1 N–H and O–H groups in total. The van der Waals surface area contributed by atoms with E-state index in [1.165, 1.54) is 22.3 Å². The Labute approximate surface area is 128 Å². The normalized spacial score (nSPS) is 12.2. The van der Waals surface area contributed by atoms with Crippen LogP contribution in [0.15, 0.2) is 42.5 Å². The smallest absolute Gasteiger partial charge is 0.119 e. The maximum atomic E-state index is 5.46. The molecule has 0 fully saturated rings. The van der Waals surface area contributed by atoms with Crippen molar-refractivity contribution in [1.82, 2.24) is 5.32 Å². The minimum Gasteiger partial charge on any atom is -0.494 e. The predicted octanol–water partition coefficient (Wildman–Crippen LogP) is 4.55. The lowest BCUT2D eigenvalue weighted by Crippen LogP contribution is -2.19. The fourth-order valence-corrected chi connectivity index (χ4v) is 2.48. The number of benzene rings is 2. The zero-order valence-corrected chi connectivity index (χ0v) is 13.4. The summed E-state index contributed by atoms with van der Waals surface area (Å²) in [6.45, 7) is 10.1. The first-order chi connectivity index (χ1) is 10.1. The van der Waals surface area contributed by atoms with E-state index >= 15 is 0 Å². The summed E-state index contributed by atoms with van der Waals surface area (Å²) in [5.74, 6) is 0.934. The fourth-order valence-electron chi connectivity index (χ4n) is 2.48. The second kappa shape index (κ2) is 7.28. The highest BCUT2D eigenvalue weighted by atomic mass is 16.5. The molecule has 0 amide bonds. The zero-order valence-electron chi connectivity index (χ0n) is 13.4. The Balaban J connectivity index is 1.97. The Hall–Kier alpha value is -1.80. The van der Waals surface area contributed by atoms with Crippen molar-refractivity contribution in [3.05, 3.63) is 64.7 Å². The predicted molar refractivity (Wildman–Crippen MR) is 88.8 cm³/mol. The monoisotopic (exact) mass is 283 g/mol. The van der Waals surface area contributed by atoms with Crippen molar-refractivity contribution in [3.8, 4) is 5.75 Å². The summed E-state index contributed by atoms with van der Waals surface area (Å²) in [4.78, 5) is 0. The number of ether oxygens (including phenoxy) is 1. The van der Waals surface area contributed by atoms with Crippen LogP contribution in [0.3, 0.4) is 0 Å². The Kier molecular flexibility index (Phi) is 5.40. The number of rotatable bonds is 6. The maximum absolute atomic E-state index is 5.46. The quantitative estimate of drug-likeness (QED) is 0.839. The molecule has 21 heavy (non-hydrogen) atoms. The van der Waals surface area contributed by atoms with E-state index in [9.17, 15) is 0 Å². The van der Waals surface area contributed by atoms with Gasteiger partial charge in [0.15, 0.2) is 0 Å². The summed E-state index contributed by atoms with van der Waals surface area (Å²) in [7, 11) is 0. The number of hydrogen-bond acceptors (Lipinski definition) is 2. The Bertz CT molecular complexity index is 575. The van der Waals surface area contributed by atoms with Crippen LogP contribution >= 0.6 is 0 Å². The van der Waals surface area contributed by atoms with E-state index in [0.29, 0.717) is 12.6 Å². The van der Waals surface area contributed by atoms with E-state index in [2.05, 4.69) is 56.4 Å². The van der Waals surface area contributed by atoms with E-state index in [-0.39, 0.29) is 0 Å². The first-order valence-electron chi connectivity index (χ1n) is 7.62. The van der Waals surface area contributed by atoms with E-state index in [4.69, 9.17) is 4.74 Å². The molecule has 0 bridgehead atoms. The van der Waals surface area contributed by atoms with Gasteiger partial charge in [0.05, 0.1) is 6.61 Å². The third-order valence-corrected chi connectivity index (χ3v) is 3.75. The lowest BCUT2D eigenvalue weighted by Gasteiger charge is -2.17. The molecular weight excluding hydrogens is 258 g/mol. The highest BCUT2D eigenvalue weighted by molar-refractivity contribution is 5.33. The van der Waals surface area contributed by atoms with Crippen molar-refractivity contribution >= 4 is 0 Å². The van der Waals surface area contributed by atoms with Crippen molar-refractivity contribution in [2.75, 3.05) is 6.61 Å². The highest BCUT2D eigenvalue weighted by Gasteiger charge is 2.08. The summed E-state index contributed by atoms with van der Waals surface area (Å²) in [5, 5.41) is 3.59. The minimum absolute atomic E-state index is 0.344. The average Bonchev–Trinajstić information content (AvgIpc) is 2.49. The molecule has 0 aromatic heterocycles. The summed E-state index contributed by atoms with van der Waals surface area (Å²) in [5.41, 5.74) is 5.30. The largest absolute Gasteiger partial charge is 0.494 e. The number of hydrogen-bond donors (Lipinski definition) is 1. The van der Waals surface area contributed by atoms with Gasteiger partial charge in [-0.2, -0.15) is 0 Å². The van der Waals surface area contributed by atoms with Crippen LogP contribution in [0.4, 0.5) is 0 Å². The van der Waals surface area contributed by atoms with Crippen LogP contribution in [0.5, 0.6) is 5.75 Å². The van der Waals surface area contributed by atoms with E-state index < -0.39 is 0 Å². The van der Waals surface area contributed by atoms with Crippen molar-refractivity contribution in [2.24, 2.45) is 0 Å². The first kappa shape index (κ1) is 15.6. The van der Waals surface area contributed by atoms with Crippen molar-refractivity contribution < 1.29 is 4.74 Å². The third kappa shape index (κ3) is 4.33. The molecule has 0 spiro atoms. The van der Waals surface area contributed by atoms with Gasteiger partial charge >= 0.3 is 0 Å². The van der Waals surface area contributed by atoms with Crippen LogP contribution in [0.25, 0.3) is 0 Å². The molecule has 2 nitrogen and oxygen atoms in total. The van der Waals surface area contributed by atoms with Crippen LogP contribution in [0, 0.1) is 13.8 Å². The Morgan fingerprint density at radius 3 is 2.43 bits per heavy atom. The molecule has 1 unspecified atom stereocenters.